The number of fused-ring (bicyclic) bond motifs is 1. The van der Waals surface area contributed by atoms with Crippen LogP contribution in [0.1, 0.15) is 37.3 Å². The Morgan fingerprint density at radius 1 is 1.29 bits per heavy atom. The summed E-state index contributed by atoms with van der Waals surface area (Å²) in [6, 6.07) is 8.74. The Kier molecular flexibility index (Phi) is 3.07. The molecule has 0 bridgehead atoms. The number of hydrogen-bond donors (Lipinski definition) is 0. The van der Waals surface area contributed by atoms with Crippen molar-refractivity contribution < 1.29 is 0 Å². The van der Waals surface area contributed by atoms with E-state index in [1.54, 1.807) is 0 Å². The quantitative estimate of drug-likeness (QED) is 0.739. The second-order valence-corrected chi connectivity index (χ2v) is 4.78. The van der Waals surface area contributed by atoms with Gasteiger partial charge < -0.3 is 0 Å². The van der Waals surface area contributed by atoms with E-state index in [2.05, 4.69) is 47.1 Å². The van der Waals surface area contributed by atoms with Gasteiger partial charge in [0.1, 0.15) is 0 Å². The van der Waals surface area contributed by atoms with Crippen molar-refractivity contribution in [3.05, 3.63) is 39.9 Å². The van der Waals surface area contributed by atoms with Gasteiger partial charge in [0.05, 0.1) is 0 Å². The topological polar surface area (TPSA) is 0 Å². The molecule has 0 aromatic heterocycles. The first-order valence-electron chi connectivity index (χ1n) is 5.28. The molecule has 0 fully saturated rings. The summed E-state index contributed by atoms with van der Waals surface area (Å²) in [7, 11) is 0. The van der Waals surface area contributed by atoms with E-state index in [9.17, 15) is 0 Å². The minimum absolute atomic E-state index is 1.09. The van der Waals surface area contributed by atoms with E-state index in [-0.39, 0.29) is 0 Å². The van der Waals surface area contributed by atoms with Crippen LogP contribution in [0, 0.1) is 0 Å². The fourth-order valence-electron chi connectivity index (χ4n) is 2.01. The predicted octanol–water partition coefficient (Wildman–Crippen LogP) is 4.54. The second-order valence-electron chi connectivity index (χ2n) is 3.82. The van der Waals surface area contributed by atoms with Gasteiger partial charge in [-0.1, -0.05) is 53.5 Å². The zero-order valence-corrected chi connectivity index (χ0v) is 10.1. The maximum atomic E-state index is 3.70. The largest absolute Gasteiger partial charge is 0.0654 e. The smallest absolute Gasteiger partial charge is 0.00497 e. The predicted molar refractivity (Wildman–Crippen MR) is 65.5 cm³/mol. The van der Waals surface area contributed by atoms with Crippen LogP contribution in [0.25, 0.3) is 5.57 Å². The van der Waals surface area contributed by atoms with Gasteiger partial charge in [-0.15, -0.1) is 0 Å². The van der Waals surface area contributed by atoms with E-state index in [0.29, 0.717) is 0 Å². The highest BCUT2D eigenvalue weighted by molar-refractivity contribution is 9.11. The van der Waals surface area contributed by atoms with Gasteiger partial charge >= 0.3 is 0 Å². The van der Waals surface area contributed by atoms with Crippen LogP contribution in [0.2, 0.25) is 0 Å². The molecule has 0 amide bonds. The van der Waals surface area contributed by atoms with Crippen molar-refractivity contribution in [3.63, 3.8) is 0 Å². The fraction of sp³-hybridized carbons (Fsp3) is 0.385. The molecule has 0 aliphatic heterocycles. The molecule has 0 N–H and O–H groups in total. The van der Waals surface area contributed by atoms with Crippen LogP contribution in [0.15, 0.2) is 28.7 Å². The van der Waals surface area contributed by atoms with Crippen molar-refractivity contribution in [2.24, 2.45) is 0 Å². The minimum atomic E-state index is 1.09. The molecule has 1 aliphatic rings. The molecule has 1 aromatic rings. The molecule has 1 aromatic carbocycles. The maximum absolute atomic E-state index is 3.70. The van der Waals surface area contributed by atoms with Gasteiger partial charge in [0.25, 0.3) is 0 Å². The van der Waals surface area contributed by atoms with Crippen LogP contribution in [0.3, 0.4) is 0 Å². The fourth-order valence-corrected chi connectivity index (χ4v) is 2.73. The third-order valence-electron chi connectivity index (χ3n) is 2.80. The standard InChI is InChI=1S/C13H15Br/c1-2-3-7-12-11-8-5-4-6-10(11)9-13(12)14/h4-6,8H,2-3,7,9H2,1H3. The van der Waals surface area contributed by atoms with Crippen molar-refractivity contribution >= 4 is 21.5 Å². The number of benzene rings is 1. The number of hydrogen-bond acceptors (Lipinski definition) is 0. The average Bonchev–Trinajstić information content (AvgIpc) is 2.51. The van der Waals surface area contributed by atoms with E-state index in [1.165, 1.54) is 40.4 Å². The molecule has 2 rings (SSSR count). The Morgan fingerprint density at radius 3 is 2.86 bits per heavy atom. The minimum Gasteiger partial charge on any atom is -0.0654 e. The summed E-state index contributed by atoms with van der Waals surface area (Å²) in [6.07, 6.45) is 4.87. The SMILES string of the molecule is CCCCC1=C(Br)Cc2ccccc21. The van der Waals surface area contributed by atoms with Gasteiger partial charge in [0.15, 0.2) is 0 Å². The lowest BCUT2D eigenvalue weighted by atomic mass is 10.0. The molecular weight excluding hydrogens is 236 g/mol. The molecule has 1 aliphatic carbocycles. The van der Waals surface area contributed by atoms with Crippen LogP contribution in [0.4, 0.5) is 0 Å². The Balaban J connectivity index is 2.27. The van der Waals surface area contributed by atoms with Crippen molar-refractivity contribution in [2.45, 2.75) is 32.6 Å². The first kappa shape index (κ1) is 9.97. The number of unbranched alkanes of at least 4 members (excludes halogenated alkanes) is 1. The third kappa shape index (κ3) is 1.78. The van der Waals surface area contributed by atoms with E-state index in [0.717, 1.165) is 6.42 Å². The zero-order chi connectivity index (χ0) is 9.97. The van der Waals surface area contributed by atoms with Gasteiger partial charge in [-0.05, 0) is 29.5 Å². The molecule has 0 saturated carbocycles. The van der Waals surface area contributed by atoms with Gasteiger partial charge in [-0.2, -0.15) is 0 Å². The highest BCUT2D eigenvalue weighted by atomic mass is 79.9. The monoisotopic (exact) mass is 250 g/mol. The van der Waals surface area contributed by atoms with Crippen LogP contribution < -0.4 is 0 Å². The summed E-state index contributed by atoms with van der Waals surface area (Å²) in [5.41, 5.74) is 4.47. The molecule has 14 heavy (non-hydrogen) atoms. The third-order valence-corrected chi connectivity index (χ3v) is 3.55. The van der Waals surface area contributed by atoms with Gasteiger partial charge in [0, 0.05) is 10.9 Å². The van der Waals surface area contributed by atoms with E-state index < -0.39 is 0 Å². The van der Waals surface area contributed by atoms with Gasteiger partial charge in [0.2, 0.25) is 0 Å². The van der Waals surface area contributed by atoms with E-state index in [1.807, 2.05) is 0 Å². The average molecular weight is 251 g/mol. The van der Waals surface area contributed by atoms with Crippen molar-refractivity contribution in [3.8, 4) is 0 Å². The lowest BCUT2D eigenvalue weighted by Crippen LogP contribution is -1.83. The molecule has 0 saturated heterocycles. The summed E-state index contributed by atoms with van der Waals surface area (Å²) in [6.45, 7) is 2.25. The van der Waals surface area contributed by atoms with Crippen LogP contribution in [-0.4, -0.2) is 0 Å². The Morgan fingerprint density at radius 2 is 2.07 bits per heavy atom. The van der Waals surface area contributed by atoms with Crippen molar-refractivity contribution in [1.82, 2.24) is 0 Å². The lowest BCUT2D eigenvalue weighted by molar-refractivity contribution is 0.824. The normalized spacial score (nSPS) is 14.7. The molecular formula is C13H15Br. The Hall–Kier alpha value is -0.560. The summed E-state index contributed by atoms with van der Waals surface area (Å²) < 4.78 is 1.40. The maximum Gasteiger partial charge on any atom is 0.00497 e. The van der Waals surface area contributed by atoms with E-state index in [4.69, 9.17) is 0 Å². The summed E-state index contributed by atoms with van der Waals surface area (Å²) >= 11 is 3.70. The zero-order valence-electron chi connectivity index (χ0n) is 8.52. The highest BCUT2D eigenvalue weighted by Gasteiger charge is 2.18. The summed E-state index contributed by atoms with van der Waals surface area (Å²) in [5, 5.41) is 0. The number of halogens is 1. The van der Waals surface area contributed by atoms with Gasteiger partial charge in [-0.25, -0.2) is 0 Å². The van der Waals surface area contributed by atoms with Crippen molar-refractivity contribution in [1.29, 1.82) is 0 Å². The first-order chi connectivity index (χ1) is 6.83. The molecule has 0 radical (unpaired) electrons. The van der Waals surface area contributed by atoms with Crippen LogP contribution in [-0.2, 0) is 6.42 Å². The van der Waals surface area contributed by atoms with E-state index >= 15 is 0 Å². The highest BCUT2D eigenvalue weighted by Crippen LogP contribution is 2.38. The van der Waals surface area contributed by atoms with Crippen LogP contribution in [0.5, 0.6) is 0 Å². The Bertz CT molecular complexity index is 363. The van der Waals surface area contributed by atoms with Crippen LogP contribution >= 0.6 is 15.9 Å². The lowest BCUT2D eigenvalue weighted by Gasteiger charge is -2.04. The molecule has 1 heteroatoms. The molecule has 0 heterocycles. The Labute approximate surface area is 94.2 Å². The number of rotatable bonds is 3. The molecule has 74 valence electrons. The second kappa shape index (κ2) is 4.31. The van der Waals surface area contributed by atoms with Crippen molar-refractivity contribution in [2.75, 3.05) is 0 Å². The summed E-state index contributed by atoms with van der Waals surface area (Å²) in [5.74, 6) is 0. The molecule has 0 spiro atoms. The molecule has 0 nitrogen and oxygen atoms in total. The van der Waals surface area contributed by atoms with Gasteiger partial charge in [-0.3, -0.25) is 0 Å². The number of allylic oxidation sites excluding steroid dienone is 2. The molecule has 0 unspecified atom stereocenters. The molecule has 0 atom stereocenters. The summed E-state index contributed by atoms with van der Waals surface area (Å²) in [4.78, 5) is 0. The first-order valence-corrected chi connectivity index (χ1v) is 6.08.